The van der Waals surface area contributed by atoms with Crippen molar-refractivity contribution in [2.75, 3.05) is 6.54 Å². The first-order valence-electron chi connectivity index (χ1n) is 7.64. The average molecular weight is 259 g/mol. The first-order valence-corrected chi connectivity index (χ1v) is 7.64. The summed E-state index contributed by atoms with van der Waals surface area (Å²) in [5, 5.41) is 3.70. The summed E-state index contributed by atoms with van der Waals surface area (Å²) in [7, 11) is 0. The molecular formula is C18H29N. The summed E-state index contributed by atoms with van der Waals surface area (Å²) in [5.41, 5.74) is 3.61. The standard InChI is InChI=1S/C18H29N/c1-14(19-13-18(5)11-6-12-18)15-7-9-16(10-8-15)17(2,3)4/h7-10,14,19H,6,11-13H2,1-5H3. The monoisotopic (exact) mass is 259 g/mol. The molecule has 1 aliphatic rings. The quantitative estimate of drug-likeness (QED) is 0.817. The number of benzene rings is 1. The normalized spacial score (nSPS) is 19.8. The molecule has 1 aliphatic carbocycles. The third kappa shape index (κ3) is 3.60. The van der Waals surface area contributed by atoms with Crippen LogP contribution in [0.5, 0.6) is 0 Å². The predicted molar refractivity (Wildman–Crippen MR) is 83.5 cm³/mol. The molecule has 1 aromatic rings. The van der Waals surface area contributed by atoms with E-state index >= 15 is 0 Å². The second kappa shape index (κ2) is 5.28. The minimum absolute atomic E-state index is 0.245. The zero-order chi connectivity index (χ0) is 14.1. The van der Waals surface area contributed by atoms with Crippen LogP contribution in [0.1, 0.15) is 71.0 Å². The van der Waals surface area contributed by atoms with Crippen molar-refractivity contribution >= 4 is 0 Å². The van der Waals surface area contributed by atoms with Crippen LogP contribution in [0.2, 0.25) is 0 Å². The van der Waals surface area contributed by atoms with Crippen molar-refractivity contribution in [1.82, 2.24) is 5.32 Å². The molecule has 1 atom stereocenters. The molecule has 1 unspecified atom stereocenters. The van der Waals surface area contributed by atoms with E-state index < -0.39 is 0 Å². The highest BCUT2D eigenvalue weighted by molar-refractivity contribution is 5.29. The van der Waals surface area contributed by atoms with E-state index in [4.69, 9.17) is 0 Å². The van der Waals surface area contributed by atoms with Crippen LogP contribution in [0.3, 0.4) is 0 Å². The highest BCUT2D eigenvalue weighted by Gasteiger charge is 2.31. The molecule has 1 aromatic carbocycles. The number of hydrogen-bond donors (Lipinski definition) is 1. The van der Waals surface area contributed by atoms with Gasteiger partial charge in [-0.25, -0.2) is 0 Å². The summed E-state index contributed by atoms with van der Waals surface area (Å²) in [6.45, 7) is 12.6. The molecule has 0 bridgehead atoms. The van der Waals surface area contributed by atoms with Crippen LogP contribution in [0.25, 0.3) is 0 Å². The Labute approximate surface area is 118 Å². The molecule has 106 valence electrons. The fourth-order valence-electron chi connectivity index (χ4n) is 2.75. The van der Waals surface area contributed by atoms with Crippen LogP contribution in [-0.4, -0.2) is 6.54 Å². The molecule has 1 heteroatoms. The second-order valence-corrected chi connectivity index (χ2v) is 7.64. The summed E-state index contributed by atoms with van der Waals surface area (Å²) in [4.78, 5) is 0. The SMILES string of the molecule is CC(NCC1(C)CCC1)c1ccc(C(C)(C)C)cc1. The fourth-order valence-corrected chi connectivity index (χ4v) is 2.75. The van der Waals surface area contributed by atoms with Crippen LogP contribution >= 0.6 is 0 Å². The van der Waals surface area contributed by atoms with Gasteiger partial charge in [-0.2, -0.15) is 0 Å². The first-order chi connectivity index (χ1) is 8.80. The van der Waals surface area contributed by atoms with Crippen molar-refractivity contribution in [3.05, 3.63) is 35.4 Å². The number of rotatable bonds is 4. The van der Waals surface area contributed by atoms with Gasteiger partial charge in [-0.15, -0.1) is 0 Å². The maximum absolute atomic E-state index is 3.70. The summed E-state index contributed by atoms with van der Waals surface area (Å²) in [5.74, 6) is 0. The Morgan fingerprint density at radius 1 is 1.16 bits per heavy atom. The Hall–Kier alpha value is -0.820. The van der Waals surface area contributed by atoms with Crippen molar-refractivity contribution in [1.29, 1.82) is 0 Å². The van der Waals surface area contributed by atoms with Crippen molar-refractivity contribution in [2.45, 2.75) is 65.3 Å². The minimum atomic E-state index is 0.245. The molecule has 2 rings (SSSR count). The lowest BCUT2D eigenvalue weighted by Gasteiger charge is -2.39. The molecule has 0 heterocycles. The largest absolute Gasteiger partial charge is 0.310 e. The molecule has 0 aliphatic heterocycles. The Morgan fingerprint density at radius 2 is 1.74 bits per heavy atom. The maximum atomic E-state index is 3.70. The van der Waals surface area contributed by atoms with Gasteiger partial charge < -0.3 is 5.32 Å². The second-order valence-electron chi connectivity index (χ2n) is 7.64. The van der Waals surface area contributed by atoms with Gasteiger partial charge in [0.15, 0.2) is 0 Å². The van der Waals surface area contributed by atoms with E-state index in [1.165, 1.54) is 30.4 Å². The van der Waals surface area contributed by atoms with Gasteiger partial charge in [0.1, 0.15) is 0 Å². The molecule has 1 fully saturated rings. The summed E-state index contributed by atoms with van der Waals surface area (Å²) in [6, 6.07) is 9.56. The highest BCUT2D eigenvalue weighted by Crippen LogP contribution is 2.39. The van der Waals surface area contributed by atoms with Crippen LogP contribution in [0, 0.1) is 5.41 Å². The molecule has 1 N–H and O–H groups in total. The molecule has 0 radical (unpaired) electrons. The average Bonchev–Trinajstić information content (AvgIpc) is 2.33. The van der Waals surface area contributed by atoms with Gasteiger partial charge in [-0.1, -0.05) is 58.4 Å². The summed E-state index contributed by atoms with van der Waals surface area (Å²) < 4.78 is 0. The summed E-state index contributed by atoms with van der Waals surface area (Å²) >= 11 is 0. The molecule has 1 saturated carbocycles. The van der Waals surface area contributed by atoms with Gasteiger partial charge >= 0.3 is 0 Å². The van der Waals surface area contributed by atoms with E-state index in [0.29, 0.717) is 11.5 Å². The van der Waals surface area contributed by atoms with Gasteiger partial charge in [-0.3, -0.25) is 0 Å². The Bertz CT molecular complexity index is 406. The predicted octanol–water partition coefficient (Wildman–Crippen LogP) is 4.82. The lowest BCUT2D eigenvalue weighted by Crippen LogP contribution is -2.38. The Morgan fingerprint density at radius 3 is 2.16 bits per heavy atom. The van der Waals surface area contributed by atoms with E-state index in [-0.39, 0.29) is 5.41 Å². The number of hydrogen-bond acceptors (Lipinski definition) is 1. The van der Waals surface area contributed by atoms with Gasteiger partial charge in [0, 0.05) is 12.6 Å². The fraction of sp³-hybridized carbons (Fsp3) is 0.667. The van der Waals surface area contributed by atoms with Gasteiger partial charge in [0.2, 0.25) is 0 Å². The molecule has 0 aromatic heterocycles. The van der Waals surface area contributed by atoms with Gasteiger partial charge in [0.05, 0.1) is 0 Å². The van der Waals surface area contributed by atoms with Crippen molar-refractivity contribution in [3.8, 4) is 0 Å². The van der Waals surface area contributed by atoms with Gasteiger partial charge in [0.25, 0.3) is 0 Å². The zero-order valence-electron chi connectivity index (χ0n) is 13.2. The van der Waals surface area contributed by atoms with Gasteiger partial charge in [-0.05, 0) is 41.7 Å². The summed E-state index contributed by atoms with van der Waals surface area (Å²) in [6.07, 6.45) is 4.18. The van der Waals surface area contributed by atoms with Crippen molar-refractivity contribution in [3.63, 3.8) is 0 Å². The Balaban J connectivity index is 1.93. The van der Waals surface area contributed by atoms with E-state index in [1.54, 1.807) is 0 Å². The number of nitrogens with one attached hydrogen (secondary N) is 1. The molecule has 0 spiro atoms. The molecule has 1 nitrogen and oxygen atoms in total. The van der Waals surface area contributed by atoms with Crippen LogP contribution < -0.4 is 5.32 Å². The topological polar surface area (TPSA) is 12.0 Å². The van der Waals surface area contributed by atoms with Crippen molar-refractivity contribution < 1.29 is 0 Å². The lowest BCUT2D eigenvalue weighted by molar-refractivity contribution is 0.152. The van der Waals surface area contributed by atoms with Crippen LogP contribution in [-0.2, 0) is 5.41 Å². The molecule has 0 saturated heterocycles. The smallest absolute Gasteiger partial charge is 0.0292 e. The molecule has 19 heavy (non-hydrogen) atoms. The third-order valence-electron chi connectivity index (χ3n) is 4.67. The van der Waals surface area contributed by atoms with Crippen LogP contribution in [0.4, 0.5) is 0 Å². The van der Waals surface area contributed by atoms with E-state index in [0.717, 1.165) is 6.54 Å². The van der Waals surface area contributed by atoms with Crippen molar-refractivity contribution in [2.24, 2.45) is 5.41 Å². The zero-order valence-corrected chi connectivity index (χ0v) is 13.2. The highest BCUT2D eigenvalue weighted by atomic mass is 14.9. The Kier molecular flexibility index (Phi) is 4.06. The van der Waals surface area contributed by atoms with Crippen LogP contribution in [0.15, 0.2) is 24.3 Å². The maximum Gasteiger partial charge on any atom is 0.0292 e. The third-order valence-corrected chi connectivity index (χ3v) is 4.67. The lowest BCUT2D eigenvalue weighted by atomic mass is 9.70. The first kappa shape index (κ1) is 14.6. The molecular weight excluding hydrogens is 230 g/mol. The van der Waals surface area contributed by atoms with E-state index in [9.17, 15) is 0 Å². The van der Waals surface area contributed by atoms with E-state index in [1.807, 2.05) is 0 Å². The minimum Gasteiger partial charge on any atom is -0.310 e. The van der Waals surface area contributed by atoms with E-state index in [2.05, 4.69) is 64.2 Å². The molecule has 0 amide bonds.